The Hall–Kier alpha value is -1.57. The minimum atomic E-state index is 0.575. The predicted octanol–water partition coefficient (Wildman–Crippen LogP) is 11.9. The highest BCUT2D eigenvalue weighted by Gasteiger charge is 2.23. The maximum Gasteiger partial charge on any atom is 0.0948 e. The Labute approximate surface area is 237 Å². The average molecular weight is 523 g/mol. The molecule has 1 heterocycles. The van der Waals surface area contributed by atoms with Gasteiger partial charge < -0.3 is 4.57 Å². The fourth-order valence-corrected chi connectivity index (χ4v) is 6.18. The summed E-state index contributed by atoms with van der Waals surface area (Å²) < 4.78 is 2.43. The second kappa shape index (κ2) is 23.3. The standard InChI is InChI=1S/C36H62N2/c1-3-5-7-9-11-12-13-14-15-16-17-18-19-24-28-35(32-34-26-22-21-23-27-34)36(38-31-30-37-33-38)29-25-20-10-8-6-4-2/h21-23,26-27,30-31,33,35-36H,3-20,24-25,28-29,32H2,1-2H3. The Balaban J connectivity index is 1.72. The van der Waals surface area contributed by atoms with Gasteiger partial charge in [-0.05, 0) is 30.7 Å². The van der Waals surface area contributed by atoms with E-state index >= 15 is 0 Å². The smallest absolute Gasteiger partial charge is 0.0948 e. The van der Waals surface area contributed by atoms with Gasteiger partial charge in [-0.1, -0.05) is 173 Å². The molecule has 0 amide bonds. The molecule has 0 aliphatic carbocycles. The van der Waals surface area contributed by atoms with E-state index in [1.54, 1.807) is 0 Å². The van der Waals surface area contributed by atoms with Crippen molar-refractivity contribution < 1.29 is 0 Å². The largest absolute Gasteiger partial charge is 0.334 e. The second-order valence-corrected chi connectivity index (χ2v) is 12.0. The van der Waals surface area contributed by atoms with Crippen molar-refractivity contribution in [2.24, 2.45) is 5.92 Å². The van der Waals surface area contributed by atoms with Crippen LogP contribution in [0.4, 0.5) is 0 Å². The van der Waals surface area contributed by atoms with E-state index < -0.39 is 0 Å². The van der Waals surface area contributed by atoms with E-state index in [1.807, 2.05) is 6.20 Å². The lowest BCUT2D eigenvalue weighted by molar-refractivity contribution is 0.275. The van der Waals surface area contributed by atoms with E-state index in [0.717, 1.165) is 0 Å². The van der Waals surface area contributed by atoms with Gasteiger partial charge in [0.05, 0.1) is 6.33 Å². The molecule has 2 aromatic rings. The van der Waals surface area contributed by atoms with Gasteiger partial charge in [0.2, 0.25) is 0 Å². The van der Waals surface area contributed by atoms with Crippen LogP contribution < -0.4 is 0 Å². The van der Waals surface area contributed by atoms with Crippen LogP contribution in [0.1, 0.15) is 167 Å². The van der Waals surface area contributed by atoms with Crippen LogP contribution in [-0.4, -0.2) is 9.55 Å². The summed E-state index contributed by atoms with van der Waals surface area (Å²) in [5, 5.41) is 0. The quantitative estimate of drug-likeness (QED) is 0.112. The fourth-order valence-electron chi connectivity index (χ4n) is 6.18. The molecule has 0 bridgehead atoms. The molecule has 1 aromatic carbocycles. The summed E-state index contributed by atoms with van der Waals surface area (Å²) in [6.45, 7) is 4.61. The zero-order chi connectivity index (χ0) is 26.9. The summed E-state index contributed by atoms with van der Waals surface area (Å²) in [4.78, 5) is 4.44. The Morgan fingerprint density at radius 2 is 1.05 bits per heavy atom. The molecule has 2 rings (SSSR count). The van der Waals surface area contributed by atoms with Crippen LogP contribution >= 0.6 is 0 Å². The van der Waals surface area contributed by atoms with Crippen LogP contribution in [0, 0.1) is 5.92 Å². The highest BCUT2D eigenvalue weighted by molar-refractivity contribution is 5.15. The van der Waals surface area contributed by atoms with E-state index in [0.29, 0.717) is 12.0 Å². The van der Waals surface area contributed by atoms with Crippen molar-refractivity contribution in [2.75, 3.05) is 0 Å². The lowest BCUT2D eigenvalue weighted by Crippen LogP contribution is -2.21. The maximum atomic E-state index is 4.44. The van der Waals surface area contributed by atoms with Crippen molar-refractivity contribution in [3.05, 3.63) is 54.6 Å². The van der Waals surface area contributed by atoms with Gasteiger partial charge in [0.1, 0.15) is 0 Å². The fraction of sp³-hybridized carbons (Fsp3) is 0.750. The van der Waals surface area contributed by atoms with E-state index in [2.05, 4.69) is 66.3 Å². The summed E-state index contributed by atoms with van der Waals surface area (Å²) in [7, 11) is 0. The molecule has 2 heteroatoms. The minimum Gasteiger partial charge on any atom is -0.334 e. The lowest BCUT2D eigenvalue weighted by atomic mass is 9.84. The summed E-state index contributed by atoms with van der Waals surface area (Å²) in [6.07, 6.45) is 38.4. The SMILES string of the molecule is CCCCCCCCCCCCCCCCC(Cc1ccccc1)C(CCCCCCCC)n1ccnc1. The molecule has 0 spiro atoms. The number of hydrogen-bond acceptors (Lipinski definition) is 1. The van der Waals surface area contributed by atoms with Gasteiger partial charge >= 0.3 is 0 Å². The third kappa shape index (κ3) is 15.7. The zero-order valence-electron chi connectivity index (χ0n) is 25.4. The first-order valence-electron chi connectivity index (χ1n) is 16.9. The summed E-state index contributed by atoms with van der Waals surface area (Å²) in [5.41, 5.74) is 1.50. The van der Waals surface area contributed by atoms with E-state index in [-0.39, 0.29) is 0 Å². The normalized spacial score (nSPS) is 13.1. The Morgan fingerprint density at radius 1 is 0.579 bits per heavy atom. The molecule has 2 atom stereocenters. The van der Waals surface area contributed by atoms with Gasteiger partial charge in [-0.25, -0.2) is 4.98 Å². The molecular formula is C36H62N2. The number of unbranched alkanes of at least 4 members (excludes halogenated alkanes) is 18. The molecular weight excluding hydrogens is 460 g/mol. The number of nitrogens with zero attached hydrogens (tertiary/aromatic N) is 2. The molecule has 0 saturated heterocycles. The van der Waals surface area contributed by atoms with Crippen molar-refractivity contribution in [1.82, 2.24) is 9.55 Å². The second-order valence-electron chi connectivity index (χ2n) is 12.0. The minimum absolute atomic E-state index is 0.575. The van der Waals surface area contributed by atoms with Crippen LogP contribution in [-0.2, 0) is 6.42 Å². The third-order valence-electron chi connectivity index (χ3n) is 8.57. The molecule has 2 nitrogen and oxygen atoms in total. The van der Waals surface area contributed by atoms with Gasteiger partial charge in [-0.3, -0.25) is 0 Å². The number of hydrogen-bond donors (Lipinski definition) is 0. The number of aromatic nitrogens is 2. The molecule has 216 valence electrons. The molecule has 0 radical (unpaired) electrons. The van der Waals surface area contributed by atoms with E-state index in [1.165, 1.54) is 153 Å². The Morgan fingerprint density at radius 3 is 1.53 bits per heavy atom. The molecule has 0 saturated carbocycles. The Bertz CT molecular complexity index is 723. The maximum absolute atomic E-state index is 4.44. The molecule has 0 N–H and O–H groups in total. The van der Waals surface area contributed by atoms with Crippen LogP contribution in [0.25, 0.3) is 0 Å². The van der Waals surface area contributed by atoms with Gasteiger partial charge in [0.25, 0.3) is 0 Å². The van der Waals surface area contributed by atoms with Crippen molar-refractivity contribution in [1.29, 1.82) is 0 Å². The topological polar surface area (TPSA) is 17.8 Å². The van der Waals surface area contributed by atoms with Gasteiger partial charge in [-0.2, -0.15) is 0 Å². The van der Waals surface area contributed by atoms with Crippen molar-refractivity contribution in [2.45, 2.75) is 168 Å². The van der Waals surface area contributed by atoms with Crippen molar-refractivity contribution in [3.63, 3.8) is 0 Å². The number of rotatable bonds is 26. The van der Waals surface area contributed by atoms with E-state index in [4.69, 9.17) is 0 Å². The van der Waals surface area contributed by atoms with Gasteiger partial charge in [0.15, 0.2) is 0 Å². The highest BCUT2D eigenvalue weighted by Crippen LogP contribution is 2.32. The van der Waals surface area contributed by atoms with Crippen LogP contribution in [0.15, 0.2) is 49.1 Å². The van der Waals surface area contributed by atoms with Crippen molar-refractivity contribution >= 4 is 0 Å². The predicted molar refractivity (Wildman–Crippen MR) is 168 cm³/mol. The third-order valence-corrected chi connectivity index (χ3v) is 8.57. The van der Waals surface area contributed by atoms with Crippen LogP contribution in [0.2, 0.25) is 0 Å². The van der Waals surface area contributed by atoms with E-state index in [9.17, 15) is 0 Å². The lowest BCUT2D eigenvalue weighted by Gasteiger charge is -2.29. The van der Waals surface area contributed by atoms with Gasteiger partial charge in [-0.15, -0.1) is 0 Å². The molecule has 2 unspecified atom stereocenters. The first kappa shape index (κ1) is 32.6. The molecule has 0 aliphatic heterocycles. The van der Waals surface area contributed by atoms with Crippen molar-refractivity contribution in [3.8, 4) is 0 Å². The molecule has 1 aromatic heterocycles. The molecule has 38 heavy (non-hydrogen) atoms. The van der Waals surface area contributed by atoms with Crippen LogP contribution in [0.3, 0.4) is 0 Å². The molecule has 0 fully saturated rings. The number of benzene rings is 1. The summed E-state index contributed by atoms with van der Waals surface area (Å²) in [5.74, 6) is 0.694. The average Bonchev–Trinajstić information content (AvgIpc) is 3.48. The Kier molecular flexibility index (Phi) is 20.0. The first-order chi connectivity index (χ1) is 18.8. The highest BCUT2D eigenvalue weighted by atomic mass is 15.1. The first-order valence-corrected chi connectivity index (χ1v) is 16.9. The number of imidazole rings is 1. The summed E-state index contributed by atoms with van der Waals surface area (Å²) >= 11 is 0. The van der Waals surface area contributed by atoms with Crippen LogP contribution in [0.5, 0.6) is 0 Å². The molecule has 0 aliphatic rings. The monoisotopic (exact) mass is 522 g/mol. The van der Waals surface area contributed by atoms with Gasteiger partial charge in [0, 0.05) is 18.4 Å². The summed E-state index contributed by atoms with van der Waals surface area (Å²) in [6, 6.07) is 11.8. The zero-order valence-corrected chi connectivity index (χ0v) is 25.4.